The summed E-state index contributed by atoms with van der Waals surface area (Å²) in [5, 5.41) is 4.97. The van der Waals surface area contributed by atoms with Gasteiger partial charge in [0, 0.05) is 27.9 Å². The van der Waals surface area contributed by atoms with Crippen molar-refractivity contribution >= 4 is 34.0 Å². The Morgan fingerprint density at radius 1 is 0.962 bits per heavy atom. The van der Waals surface area contributed by atoms with Crippen molar-refractivity contribution in [2.75, 3.05) is 5.32 Å². The van der Waals surface area contributed by atoms with Crippen LogP contribution in [-0.4, -0.2) is 22.8 Å². The highest BCUT2D eigenvalue weighted by Gasteiger charge is 2.36. The molecule has 1 atom stereocenters. The molecule has 4 nitrogen and oxygen atoms in total. The van der Waals surface area contributed by atoms with E-state index in [1.807, 2.05) is 60.7 Å². The lowest BCUT2D eigenvalue weighted by molar-refractivity contribution is -0.119. The summed E-state index contributed by atoms with van der Waals surface area (Å²) in [7, 11) is 0. The van der Waals surface area contributed by atoms with Gasteiger partial charge in [0.05, 0.1) is 0 Å². The molecule has 2 amide bonds. The van der Waals surface area contributed by atoms with E-state index in [9.17, 15) is 9.59 Å². The van der Waals surface area contributed by atoms with Crippen LogP contribution in [-0.2, 0) is 4.79 Å². The fraction of sp³-hybridized carbons (Fsp3) is 0.0909. The zero-order chi connectivity index (χ0) is 18.3. The van der Waals surface area contributed by atoms with Crippen molar-refractivity contribution in [1.82, 2.24) is 4.90 Å². The fourth-order valence-corrected chi connectivity index (χ4v) is 3.40. The van der Waals surface area contributed by atoms with Crippen molar-refractivity contribution in [3.8, 4) is 0 Å². The van der Waals surface area contributed by atoms with Gasteiger partial charge in [-0.05, 0) is 24.4 Å². The van der Waals surface area contributed by atoms with Crippen molar-refractivity contribution in [3.63, 3.8) is 0 Å². The van der Waals surface area contributed by atoms with Crippen LogP contribution in [0.5, 0.6) is 0 Å². The molecule has 0 radical (unpaired) electrons. The number of nitrogens with zero attached hydrogens (tertiary/aromatic N) is 1. The van der Waals surface area contributed by atoms with Gasteiger partial charge in [-0.1, -0.05) is 61.2 Å². The maximum absolute atomic E-state index is 12.8. The number of nitrogens with one attached hydrogen (secondary N) is 1. The third-order valence-electron chi connectivity index (χ3n) is 4.79. The molecule has 0 aromatic heterocycles. The third kappa shape index (κ3) is 2.47. The summed E-state index contributed by atoms with van der Waals surface area (Å²) in [6.07, 6.45) is 0. The molecule has 0 bridgehead atoms. The molecular formula is C22H18N2O2. The number of amides is 2. The van der Waals surface area contributed by atoms with Gasteiger partial charge in [-0.25, -0.2) is 0 Å². The van der Waals surface area contributed by atoms with Crippen LogP contribution in [0.1, 0.15) is 22.8 Å². The van der Waals surface area contributed by atoms with Gasteiger partial charge < -0.3 is 5.32 Å². The quantitative estimate of drug-likeness (QED) is 0.772. The molecule has 0 spiro atoms. The molecule has 4 heteroatoms. The molecule has 3 aromatic rings. The lowest BCUT2D eigenvalue weighted by Crippen LogP contribution is -2.41. The van der Waals surface area contributed by atoms with Crippen LogP contribution >= 0.6 is 0 Å². The Morgan fingerprint density at radius 3 is 2.38 bits per heavy atom. The summed E-state index contributed by atoms with van der Waals surface area (Å²) < 4.78 is 0. The second kappa shape index (κ2) is 6.15. The molecule has 3 aromatic carbocycles. The van der Waals surface area contributed by atoms with E-state index in [0.29, 0.717) is 11.3 Å². The molecule has 0 fully saturated rings. The maximum Gasteiger partial charge on any atom is 0.259 e. The number of carbonyl (C=O) groups excluding carboxylic acids is 2. The van der Waals surface area contributed by atoms with E-state index in [-0.39, 0.29) is 11.8 Å². The van der Waals surface area contributed by atoms with E-state index in [2.05, 4.69) is 11.9 Å². The molecule has 1 heterocycles. The molecule has 1 aliphatic rings. The molecular weight excluding hydrogens is 324 g/mol. The normalized spacial score (nSPS) is 14.4. The minimum atomic E-state index is -0.665. The average molecular weight is 342 g/mol. The van der Waals surface area contributed by atoms with Crippen molar-refractivity contribution in [2.45, 2.75) is 13.0 Å². The summed E-state index contributed by atoms with van der Waals surface area (Å²) in [5.41, 5.74) is 2.66. The topological polar surface area (TPSA) is 49.4 Å². The Morgan fingerprint density at radius 2 is 1.62 bits per heavy atom. The van der Waals surface area contributed by atoms with Crippen LogP contribution in [0.25, 0.3) is 16.5 Å². The SMILES string of the molecule is C=C1c2ccccc2C(=O)N1[C@@H](C)C(=O)Nc1cccc2ccccc12. The Labute approximate surface area is 151 Å². The van der Waals surface area contributed by atoms with Gasteiger partial charge in [-0.2, -0.15) is 0 Å². The molecule has 128 valence electrons. The minimum absolute atomic E-state index is 0.189. The van der Waals surface area contributed by atoms with Crippen molar-refractivity contribution in [1.29, 1.82) is 0 Å². The lowest BCUT2D eigenvalue weighted by Gasteiger charge is -2.25. The number of anilines is 1. The summed E-state index contributed by atoms with van der Waals surface area (Å²) >= 11 is 0. The predicted octanol–water partition coefficient (Wildman–Crippen LogP) is 4.29. The molecule has 0 saturated heterocycles. The maximum atomic E-state index is 12.8. The summed E-state index contributed by atoms with van der Waals surface area (Å²) in [4.78, 5) is 27.0. The number of carbonyl (C=O) groups is 2. The highest BCUT2D eigenvalue weighted by Crippen LogP contribution is 2.33. The molecule has 1 aliphatic heterocycles. The fourth-order valence-electron chi connectivity index (χ4n) is 3.40. The molecule has 0 unspecified atom stereocenters. The standard InChI is InChI=1S/C22H18N2O2/c1-14-17-10-5-6-12-19(17)22(26)24(14)15(2)21(25)23-20-13-7-9-16-8-3-4-11-18(16)20/h3-13,15H,1H2,2H3,(H,23,25)/t15-/m0/s1. The van der Waals surface area contributed by atoms with E-state index < -0.39 is 6.04 Å². The predicted molar refractivity (Wildman–Crippen MR) is 104 cm³/mol. The number of benzene rings is 3. The first-order valence-corrected chi connectivity index (χ1v) is 8.48. The van der Waals surface area contributed by atoms with E-state index in [4.69, 9.17) is 0 Å². The highest BCUT2D eigenvalue weighted by atomic mass is 16.2. The second-order valence-electron chi connectivity index (χ2n) is 6.36. The summed E-state index contributed by atoms with van der Waals surface area (Å²) in [6.45, 7) is 5.73. The third-order valence-corrected chi connectivity index (χ3v) is 4.79. The van der Waals surface area contributed by atoms with Crippen LogP contribution in [0.2, 0.25) is 0 Å². The van der Waals surface area contributed by atoms with E-state index in [0.717, 1.165) is 22.0 Å². The van der Waals surface area contributed by atoms with Gasteiger partial charge >= 0.3 is 0 Å². The first-order valence-electron chi connectivity index (χ1n) is 8.48. The minimum Gasteiger partial charge on any atom is -0.324 e. The van der Waals surface area contributed by atoms with Gasteiger partial charge in [0.2, 0.25) is 5.91 Å². The molecule has 26 heavy (non-hydrogen) atoms. The van der Waals surface area contributed by atoms with E-state index in [1.165, 1.54) is 4.90 Å². The van der Waals surface area contributed by atoms with Crippen LogP contribution in [0.15, 0.2) is 73.3 Å². The number of hydrogen-bond donors (Lipinski definition) is 1. The van der Waals surface area contributed by atoms with E-state index >= 15 is 0 Å². The molecule has 4 rings (SSSR count). The van der Waals surface area contributed by atoms with Gasteiger partial charge in [0.1, 0.15) is 6.04 Å². The zero-order valence-electron chi connectivity index (χ0n) is 14.4. The van der Waals surface area contributed by atoms with Gasteiger partial charge in [0.25, 0.3) is 5.91 Å². The van der Waals surface area contributed by atoms with Crippen LogP contribution < -0.4 is 5.32 Å². The molecule has 0 saturated carbocycles. The van der Waals surface area contributed by atoms with Crippen LogP contribution in [0.4, 0.5) is 5.69 Å². The average Bonchev–Trinajstić information content (AvgIpc) is 2.92. The highest BCUT2D eigenvalue weighted by molar-refractivity contribution is 6.12. The second-order valence-corrected chi connectivity index (χ2v) is 6.36. The smallest absolute Gasteiger partial charge is 0.259 e. The zero-order valence-corrected chi connectivity index (χ0v) is 14.4. The Bertz CT molecular complexity index is 1010. The number of fused-ring (bicyclic) bond motifs is 2. The molecule has 1 N–H and O–H groups in total. The van der Waals surface area contributed by atoms with E-state index in [1.54, 1.807) is 13.0 Å². The lowest BCUT2D eigenvalue weighted by atomic mass is 10.1. The largest absolute Gasteiger partial charge is 0.324 e. The Balaban J connectivity index is 1.61. The van der Waals surface area contributed by atoms with Crippen molar-refractivity contribution in [3.05, 3.63) is 84.4 Å². The van der Waals surface area contributed by atoms with Crippen LogP contribution in [0, 0.1) is 0 Å². The van der Waals surface area contributed by atoms with Crippen molar-refractivity contribution in [2.24, 2.45) is 0 Å². The number of rotatable bonds is 3. The molecule has 0 aliphatic carbocycles. The van der Waals surface area contributed by atoms with Gasteiger partial charge in [-0.3, -0.25) is 14.5 Å². The summed E-state index contributed by atoms with van der Waals surface area (Å²) in [6, 6.07) is 20.2. The Kier molecular flexibility index (Phi) is 3.81. The number of hydrogen-bond acceptors (Lipinski definition) is 2. The van der Waals surface area contributed by atoms with Crippen LogP contribution in [0.3, 0.4) is 0 Å². The first kappa shape index (κ1) is 16.1. The van der Waals surface area contributed by atoms with Gasteiger partial charge in [0.15, 0.2) is 0 Å². The van der Waals surface area contributed by atoms with Gasteiger partial charge in [-0.15, -0.1) is 0 Å². The van der Waals surface area contributed by atoms with Crippen molar-refractivity contribution < 1.29 is 9.59 Å². The first-order chi connectivity index (χ1) is 12.6. The summed E-state index contributed by atoms with van der Waals surface area (Å²) in [5.74, 6) is -0.435. The monoisotopic (exact) mass is 342 g/mol. The Hall–Kier alpha value is -3.40.